The average Bonchev–Trinajstić information content (AvgIpc) is 1.31. The van der Waals surface area contributed by atoms with Crippen molar-refractivity contribution in [3.05, 3.63) is 6.92 Å². The maximum absolute atomic E-state index is 9.46. The second-order valence-corrected chi connectivity index (χ2v) is 1.12. The lowest BCUT2D eigenvalue weighted by atomic mass is 10.3. The zero-order valence-electron chi connectivity index (χ0n) is 3.46. The van der Waals surface area contributed by atoms with Gasteiger partial charge < -0.3 is 15.3 Å². The van der Waals surface area contributed by atoms with Gasteiger partial charge in [-0.05, 0) is 0 Å². The smallest absolute Gasteiger partial charge is 0.364 e. The van der Waals surface area contributed by atoms with Crippen LogP contribution in [0.15, 0.2) is 0 Å². The van der Waals surface area contributed by atoms with E-state index in [1.807, 2.05) is 0 Å². The van der Waals surface area contributed by atoms with Crippen molar-refractivity contribution in [3.63, 3.8) is 0 Å². The molecule has 0 bridgehead atoms. The molecule has 0 spiro atoms. The Kier molecular flexibility index (Phi) is 1.35. The minimum absolute atomic E-state index is 1.76. The molecule has 0 aromatic heterocycles. The fourth-order valence-electron chi connectivity index (χ4n) is 0. The van der Waals surface area contributed by atoms with Gasteiger partial charge in [-0.2, -0.15) is 0 Å². The molecule has 0 fully saturated rings. The van der Waals surface area contributed by atoms with Crippen molar-refractivity contribution < 1.29 is 20.1 Å². The predicted molar refractivity (Wildman–Crippen MR) is 20.2 cm³/mol. The number of carboxylic acid groups (broad SMARTS) is 1. The van der Waals surface area contributed by atoms with Crippen molar-refractivity contribution in [2.75, 3.05) is 0 Å². The summed E-state index contributed by atoms with van der Waals surface area (Å²) >= 11 is 0. The quantitative estimate of drug-likeness (QED) is 0.358. The van der Waals surface area contributed by atoms with Crippen molar-refractivity contribution in [3.8, 4) is 0 Å². The third-order valence-corrected chi connectivity index (χ3v) is 0.343. The van der Waals surface area contributed by atoms with E-state index in [1.165, 1.54) is 0 Å². The van der Waals surface area contributed by atoms with Gasteiger partial charge in [0.25, 0.3) is 5.79 Å². The summed E-state index contributed by atoms with van der Waals surface area (Å²) in [4.78, 5) is 9.46. The summed E-state index contributed by atoms with van der Waals surface area (Å²) in [6, 6.07) is 0. The molecule has 4 heteroatoms. The first-order valence-electron chi connectivity index (χ1n) is 1.48. The molecule has 0 rings (SSSR count). The molecule has 0 aromatic carbocycles. The van der Waals surface area contributed by atoms with Gasteiger partial charge >= 0.3 is 5.97 Å². The van der Waals surface area contributed by atoms with Crippen molar-refractivity contribution in [1.29, 1.82) is 0 Å². The average molecular weight is 105 g/mol. The van der Waals surface area contributed by atoms with Crippen LogP contribution in [0.4, 0.5) is 0 Å². The van der Waals surface area contributed by atoms with Gasteiger partial charge in [-0.3, -0.25) is 0 Å². The third-order valence-electron chi connectivity index (χ3n) is 0.343. The molecule has 3 N–H and O–H groups in total. The fraction of sp³-hybridized carbons (Fsp3) is 0.333. The minimum Gasteiger partial charge on any atom is -0.477 e. The lowest BCUT2D eigenvalue weighted by Crippen LogP contribution is -2.34. The van der Waals surface area contributed by atoms with Crippen LogP contribution in [0.3, 0.4) is 0 Å². The van der Waals surface area contributed by atoms with E-state index in [9.17, 15) is 4.79 Å². The molecule has 0 unspecified atom stereocenters. The van der Waals surface area contributed by atoms with Gasteiger partial charge in [0.15, 0.2) is 0 Å². The van der Waals surface area contributed by atoms with Crippen molar-refractivity contribution >= 4 is 5.97 Å². The van der Waals surface area contributed by atoms with Gasteiger partial charge in [0.05, 0.1) is 0 Å². The van der Waals surface area contributed by atoms with E-state index in [0.717, 1.165) is 0 Å². The molecule has 0 aromatic rings. The SMILES string of the molecule is [CH2]C(O)(O)C(=O)O. The highest BCUT2D eigenvalue weighted by Gasteiger charge is 2.25. The van der Waals surface area contributed by atoms with Crippen LogP contribution in [0.2, 0.25) is 0 Å². The summed E-state index contributed by atoms with van der Waals surface area (Å²) in [6.45, 7) is 2.48. The van der Waals surface area contributed by atoms with Crippen molar-refractivity contribution in [2.24, 2.45) is 0 Å². The molecule has 0 saturated heterocycles. The summed E-state index contributed by atoms with van der Waals surface area (Å²) < 4.78 is 0. The number of hydrogen-bond donors (Lipinski definition) is 3. The molecule has 7 heavy (non-hydrogen) atoms. The Morgan fingerprint density at radius 2 is 1.71 bits per heavy atom. The summed E-state index contributed by atoms with van der Waals surface area (Å²) in [5, 5.41) is 23.6. The Bertz CT molecular complexity index is 79.4. The molecule has 0 aliphatic rings. The Hall–Kier alpha value is -0.610. The second-order valence-electron chi connectivity index (χ2n) is 1.12. The standard InChI is InChI=1S/C3H5O4/c1-3(6,7)2(4)5/h6-7H,1H2,(H,4,5). The normalized spacial score (nSPS) is 11.3. The summed E-state index contributed by atoms with van der Waals surface area (Å²) in [7, 11) is 0. The lowest BCUT2D eigenvalue weighted by Gasteiger charge is -2.06. The van der Waals surface area contributed by atoms with Crippen LogP contribution in [0.1, 0.15) is 0 Å². The van der Waals surface area contributed by atoms with Crippen LogP contribution in [-0.2, 0) is 4.79 Å². The number of rotatable bonds is 1. The number of carboxylic acids is 1. The lowest BCUT2D eigenvalue weighted by molar-refractivity contribution is -0.187. The summed E-state index contributed by atoms with van der Waals surface area (Å²) in [5.74, 6) is -4.59. The first-order valence-corrected chi connectivity index (χ1v) is 1.48. The highest BCUT2D eigenvalue weighted by molar-refractivity contribution is 5.75. The maximum atomic E-state index is 9.46. The molecular weight excluding hydrogens is 100 g/mol. The number of aliphatic carboxylic acids is 1. The van der Waals surface area contributed by atoms with Crippen molar-refractivity contribution in [2.45, 2.75) is 5.79 Å². The van der Waals surface area contributed by atoms with E-state index >= 15 is 0 Å². The largest absolute Gasteiger partial charge is 0.477 e. The molecule has 0 atom stereocenters. The van der Waals surface area contributed by atoms with Gasteiger partial charge in [0.2, 0.25) is 0 Å². The Labute approximate surface area is 40.0 Å². The second kappa shape index (κ2) is 1.48. The highest BCUT2D eigenvalue weighted by Crippen LogP contribution is 1.92. The van der Waals surface area contributed by atoms with E-state index in [4.69, 9.17) is 15.3 Å². The number of aliphatic hydroxyl groups is 2. The Morgan fingerprint density at radius 3 is 1.71 bits per heavy atom. The van der Waals surface area contributed by atoms with Gasteiger partial charge in [-0.15, -0.1) is 0 Å². The fourth-order valence-corrected chi connectivity index (χ4v) is 0. The maximum Gasteiger partial charge on any atom is 0.364 e. The van der Waals surface area contributed by atoms with E-state index in [2.05, 4.69) is 6.92 Å². The molecule has 0 heterocycles. The molecule has 0 aliphatic carbocycles. The molecule has 0 amide bonds. The highest BCUT2D eigenvalue weighted by atomic mass is 16.5. The summed E-state index contributed by atoms with van der Waals surface area (Å²) in [5.41, 5.74) is 0. The van der Waals surface area contributed by atoms with E-state index in [0.29, 0.717) is 0 Å². The molecule has 0 aliphatic heterocycles. The van der Waals surface area contributed by atoms with Crippen LogP contribution >= 0.6 is 0 Å². The molecule has 0 saturated carbocycles. The zero-order valence-corrected chi connectivity index (χ0v) is 3.46. The zero-order chi connectivity index (χ0) is 6.08. The molecular formula is C3H5O4. The van der Waals surface area contributed by atoms with Crippen LogP contribution in [0.25, 0.3) is 0 Å². The minimum atomic E-state index is -2.83. The van der Waals surface area contributed by atoms with Crippen molar-refractivity contribution in [1.82, 2.24) is 0 Å². The number of carbonyl (C=O) groups is 1. The van der Waals surface area contributed by atoms with E-state index in [1.54, 1.807) is 0 Å². The van der Waals surface area contributed by atoms with Gasteiger partial charge in [0, 0.05) is 6.92 Å². The van der Waals surface area contributed by atoms with Crippen LogP contribution in [-0.4, -0.2) is 27.1 Å². The monoisotopic (exact) mass is 105 g/mol. The van der Waals surface area contributed by atoms with Gasteiger partial charge in [0.1, 0.15) is 0 Å². The first-order chi connectivity index (χ1) is 2.94. The first kappa shape index (κ1) is 6.39. The van der Waals surface area contributed by atoms with Gasteiger partial charge in [-0.25, -0.2) is 4.79 Å². The Balaban J connectivity index is 3.79. The topological polar surface area (TPSA) is 77.8 Å². The van der Waals surface area contributed by atoms with Crippen LogP contribution in [0, 0.1) is 6.92 Å². The van der Waals surface area contributed by atoms with E-state index < -0.39 is 11.8 Å². The predicted octanol–water partition coefficient (Wildman–Crippen LogP) is -1.41. The number of hydrogen-bond acceptors (Lipinski definition) is 3. The summed E-state index contributed by atoms with van der Waals surface area (Å²) in [6.07, 6.45) is 0. The Morgan fingerprint density at radius 1 is 1.57 bits per heavy atom. The van der Waals surface area contributed by atoms with E-state index in [-0.39, 0.29) is 0 Å². The van der Waals surface area contributed by atoms with Crippen LogP contribution in [0.5, 0.6) is 0 Å². The van der Waals surface area contributed by atoms with Gasteiger partial charge in [-0.1, -0.05) is 0 Å². The molecule has 4 nitrogen and oxygen atoms in total. The molecule has 41 valence electrons. The van der Waals surface area contributed by atoms with Crippen LogP contribution < -0.4 is 0 Å². The third kappa shape index (κ3) is 2.13. The molecule has 1 radical (unpaired) electrons.